The molecule has 0 amide bonds. The van der Waals surface area contributed by atoms with E-state index in [2.05, 4.69) is 0 Å². The van der Waals surface area contributed by atoms with Crippen LogP contribution in [0.15, 0.2) is 30.3 Å². The van der Waals surface area contributed by atoms with E-state index >= 15 is 0 Å². The first-order valence-corrected chi connectivity index (χ1v) is 5.37. The van der Waals surface area contributed by atoms with Crippen LogP contribution in [0.25, 0.3) is 0 Å². The summed E-state index contributed by atoms with van der Waals surface area (Å²) in [6.45, 7) is 1.20. The zero-order valence-corrected chi connectivity index (χ0v) is 8.94. The molecule has 1 aromatic rings. The van der Waals surface area contributed by atoms with Gasteiger partial charge in [-0.1, -0.05) is 30.3 Å². The molecule has 16 heavy (non-hydrogen) atoms. The molecular formula is C12H15F2NO. The van der Waals surface area contributed by atoms with Crippen LogP contribution in [0.4, 0.5) is 8.78 Å². The number of benzene rings is 1. The third kappa shape index (κ3) is 2.39. The summed E-state index contributed by atoms with van der Waals surface area (Å²) in [6, 6.07) is 9.68. The molecule has 1 aromatic carbocycles. The van der Waals surface area contributed by atoms with Crippen molar-refractivity contribution in [2.24, 2.45) is 0 Å². The number of hydrogen-bond acceptors (Lipinski definition) is 2. The molecule has 1 saturated heterocycles. The standard InChI is InChI=1S/C12H15F2NO/c13-11(14)12(16)6-7-15(9-12)8-10-4-2-1-3-5-10/h1-5,11,16H,6-9H2. The topological polar surface area (TPSA) is 23.5 Å². The molecule has 88 valence electrons. The van der Waals surface area contributed by atoms with Crippen molar-refractivity contribution in [3.8, 4) is 0 Å². The Kier molecular flexibility index (Phi) is 3.21. The Bertz CT molecular complexity index is 344. The molecule has 4 heteroatoms. The van der Waals surface area contributed by atoms with Crippen LogP contribution < -0.4 is 0 Å². The normalized spacial score (nSPS) is 26.5. The number of nitrogens with zero attached hydrogens (tertiary/aromatic N) is 1. The summed E-state index contributed by atoms with van der Waals surface area (Å²) in [6.07, 6.45) is -2.51. The Morgan fingerprint density at radius 3 is 2.56 bits per heavy atom. The maximum absolute atomic E-state index is 12.6. The Morgan fingerprint density at radius 2 is 2.00 bits per heavy atom. The second kappa shape index (κ2) is 4.47. The van der Waals surface area contributed by atoms with E-state index in [1.165, 1.54) is 0 Å². The highest BCUT2D eigenvalue weighted by Crippen LogP contribution is 2.28. The lowest BCUT2D eigenvalue weighted by atomic mass is 10.1. The minimum absolute atomic E-state index is 0.0551. The molecule has 0 aliphatic carbocycles. The fourth-order valence-electron chi connectivity index (χ4n) is 2.05. The van der Waals surface area contributed by atoms with E-state index < -0.39 is 12.0 Å². The molecule has 1 N–H and O–H groups in total. The van der Waals surface area contributed by atoms with Crippen LogP contribution in [-0.4, -0.2) is 35.1 Å². The molecule has 0 radical (unpaired) electrons. The van der Waals surface area contributed by atoms with Crippen molar-refractivity contribution in [2.75, 3.05) is 13.1 Å². The first kappa shape index (κ1) is 11.5. The molecule has 1 atom stereocenters. The lowest BCUT2D eigenvalue weighted by Gasteiger charge is -2.22. The van der Waals surface area contributed by atoms with Crippen molar-refractivity contribution in [1.29, 1.82) is 0 Å². The van der Waals surface area contributed by atoms with E-state index in [4.69, 9.17) is 0 Å². The van der Waals surface area contributed by atoms with Gasteiger partial charge in [0.15, 0.2) is 0 Å². The van der Waals surface area contributed by atoms with Gasteiger partial charge in [0.05, 0.1) is 0 Å². The lowest BCUT2D eigenvalue weighted by Crippen LogP contribution is -2.40. The molecular weight excluding hydrogens is 212 g/mol. The van der Waals surface area contributed by atoms with E-state index in [0.29, 0.717) is 13.1 Å². The fourth-order valence-corrected chi connectivity index (χ4v) is 2.05. The number of rotatable bonds is 3. The summed E-state index contributed by atoms with van der Waals surface area (Å²) in [7, 11) is 0. The lowest BCUT2D eigenvalue weighted by molar-refractivity contribution is -0.0872. The molecule has 0 spiro atoms. The molecule has 1 aliphatic rings. The van der Waals surface area contributed by atoms with Crippen molar-refractivity contribution in [2.45, 2.75) is 25.0 Å². The molecule has 1 unspecified atom stereocenters. The molecule has 1 heterocycles. The van der Waals surface area contributed by atoms with Gasteiger partial charge in [0.1, 0.15) is 5.60 Å². The second-order valence-corrected chi connectivity index (χ2v) is 4.35. The summed E-state index contributed by atoms with van der Waals surface area (Å²) < 4.78 is 25.1. The molecule has 1 fully saturated rings. The van der Waals surface area contributed by atoms with Crippen molar-refractivity contribution >= 4 is 0 Å². The Balaban J connectivity index is 1.95. The van der Waals surface area contributed by atoms with E-state index in [0.717, 1.165) is 5.56 Å². The molecule has 2 nitrogen and oxygen atoms in total. The first-order valence-electron chi connectivity index (χ1n) is 5.37. The van der Waals surface area contributed by atoms with Crippen LogP contribution in [0.5, 0.6) is 0 Å². The third-order valence-corrected chi connectivity index (χ3v) is 3.01. The number of β-amino-alcohol motifs (C(OH)–C–C–N with tert-alkyl or cyclic N) is 1. The predicted octanol–water partition coefficient (Wildman–Crippen LogP) is 1.89. The van der Waals surface area contributed by atoms with Crippen LogP contribution in [0.3, 0.4) is 0 Å². The highest BCUT2D eigenvalue weighted by atomic mass is 19.3. The van der Waals surface area contributed by atoms with Gasteiger partial charge < -0.3 is 5.11 Å². The Labute approximate surface area is 93.5 Å². The first-order chi connectivity index (χ1) is 7.60. The van der Waals surface area contributed by atoms with Crippen LogP contribution in [0, 0.1) is 0 Å². The van der Waals surface area contributed by atoms with Crippen LogP contribution >= 0.6 is 0 Å². The third-order valence-electron chi connectivity index (χ3n) is 3.01. The molecule has 2 rings (SSSR count). The number of halogens is 2. The van der Waals surface area contributed by atoms with Gasteiger partial charge in [-0.3, -0.25) is 4.90 Å². The van der Waals surface area contributed by atoms with Gasteiger partial charge in [-0.05, 0) is 12.0 Å². The zero-order chi connectivity index (χ0) is 11.6. The van der Waals surface area contributed by atoms with E-state index in [9.17, 15) is 13.9 Å². The average molecular weight is 227 g/mol. The van der Waals surface area contributed by atoms with Crippen molar-refractivity contribution in [3.05, 3.63) is 35.9 Å². The van der Waals surface area contributed by atoms with Crippen LogP contribution in [0.2, 0.25) is 0 Å². The Morgan fingerprint density at radius 1 is 1.31 bits per heavy atom. The van der Waals surface area contributed by atoms with Crippen LogP contribution in [0.1, 0.15) is 12.0 Å². The predicted molar refractivity (Wildman–Crippen MR) is 57.3 cm³/mol. The number of likely N-dealkylation sites (tertiary alicyclic amines) is 1. The second-order valence-electron chi connectivity index (χ2n) is 4.35. The highest BCUT2D eigenvalue weighted by molar-refractivity contribution is 5.15. The Hall–Kier alpha value is -1.00. The number of aliphatic hydroxyl groups is 1. The minimum Gasteiger partial charge on any atom is -0.383 e. The van der Waals surface area contributed by atoms with Crippen LogP contribution in [-0.2, 0) is 6.54 Å². The van der Waals surface area contributed by atoms with Crippen molar-refractivity contribution in [1.82, 2.24) is 4.90 Å². The number of alkyl halides is 2. The highest BCUT2D eigenvalue weighted by Gasteiger charge is 2.43. The van der Waals surface area contributed by atoms with E-state index in [-0.39, 0.29) is 13.0 Å². The minimum atomic E-state index is -2.66. The fraction of sp³-hybridized carbons (Fsp3) is 0.500. The van der Waals surface area contributed by atoms with Gasteiger partial charge >= 0.3 is 0 Å². The molecule has 0 aromatic heterocycles. The van der Waals surface area contributed by atoms with Gasteiger partial charge in [-0.25, -0.2) is 8.78 Å². The largest absolute Gasteiger partial charge is 0.383 e. The summed E-state index contributed by atoms with van der Waals surface area (Å²) in [5.74, 6) is 0. The van der Waals surface area contributed by atoms with Crippen molar-refractivity contribution in [3.63, 3.8) is 0 Å². The van der Waals surface area contributed by atoms with Crippen molar-refractivity contribution < 1.29 is 13.9 Å². The zero-order valence-electron chi connectivity index (χ0n) is 8.94. The summed E-state index contributed by atoms with van der Waals surface area (Å²) in [5, 5.41) is 9.63. The average Bonchev–Trinajstić information content (AvgIpc) is 2.63. The molecule has 1 aliphatic heterocycles. The smallest absolute Gasteiger partial charge is 0.268 e. The van der Waals surface area contributed by atoms with Gasteiger partial charge in [-0.2, -0.15) is 0 Å². The SMILES string of the molecule is OC1(C(F)F)CCN(Cc2ccccc2)C1. The summed E-state index contributed by atoms with van der Waals surface area (Å²) >= 11 is 0. The van der Waals surface area contributed by atoms with Gasteiger partial charge in [-0.15, -0.1) is 0 Å². The summed E-state index contributed by atoms with van der Waals surface area (Å²) in [5.41, 5.74) is -0.726. The molecule has 0 bridgehead atoms. The monoisotopic (exact) mass is 227 g/mol. The van der Waals surface area contributed by atoms with Gasteiger partial charge in [0.25, 0.3) is 6.43 Å². The quantitative estimate of drug-likeness (QED) is 0.852. The van der Waals surface area contributed by atoms with Gasteiger partial charge in [0, 0.05) is 19.6 Å². The summed E-state index contributed by atoms with van der Waals surface area (Å²) in [4.78, 5) is 1.86. The molecule has 0 saturated carbocycles. The number of hydrogen-bond donors (Lipinski definition) is 1. The maximum Gasteiger partial charge on any atom is 0.268 e. The van der Waals surface area contributed by atoms with E-state index in [1.54, 1.807) is 0 Å². The maximum atomic E-state index is 12.6. The van der Waals surface area contributed by atoms with Gasteiger partial charge in [0.2, 0.25) is 0 Å². The van der Waals surface area contributed by atoms with E-state index in [1.807, 2.05) is 35.2 Å².